The molecule has 2 saturated heterocycles. The monoisotopic (exact) mass is 467 g/mol. The molecule has 0 spiro atoms. The number of aryl methyl sites for hydroxylation is 1. The number of carbonyl (C=O) groups is 3. The second-order valence-corrected chi connectivity index (χ2v) is 8.47. The zero-order chi connectivity index (χ0) is 24.4. The Morgan fingerprint density at radius 1 is 1.15 bits per heavy atom. The second kappa shape index (κ2) is 9.82. The third-order valence-electron chi connectivity index (χ3n) is 6.48. The molecule has 1 aromatic carbocycles. The van der Waals surface area contributed by atoms with E-state index in [0.29, 0.717) is 43.1 Å². The normalized spacial score (nSPS) is 20.7. The maximum atomic E-state index is 13.2. The SMILES string of the molecule is COC(=O)c1[nH]c(C)c(C(O)=C2C(=O)C(=O)N(CCN3CCOCC3)[C@@H]2c2ccccc2)c1C. The van der Waals surface area contributed by atoms with E-state index in [1.807, 2.05) is 30.3 Å². The highest BCUT2D eigenvalue weighted by atomic mass is 16.5. The van der Waals surface area contributed by atoms with Crippen LogP contribution >= 0.6 is 0 Å². The number of aromatic amines is 1. The van der Waals surface area contributed by atoms with Gasteiger partial charge in [-0.05, 0) is 25.0 Å². The number of hydrogen-bond donors (Lipinski definition) is 2. The van der Waals surface area contributed by atoms with Crippen LogP contribution in [0.3, 0.4) is 0 Å². The van der Waals surface area contributed by atoms with E-state index in [2.05, 4.69) is 9.88 Å². The first kappa shape index (κ1) is 23.7. The number of methoxy groups -OCH3 is 1. The molecule has 1 aromatic heterocycles. The summed E-state index contributed by atoms with van der Waals surface area (Å²) in [6, 6.07) is 8.45. The Morgan fingerprint density at radius 3 is 2.47 bits per heavy atom. The Balaban J connectivity index is 1.78. The van der Waals surface area contributed by atoms with Crippen molar-refractivity contribution in [2.75, 3.05) is 46.5 Å². The number of morpholine rings is 1. The number of nitrogens with zero attached hydrogens (tertiary/aromatic N) is 2. The molecule has 180 valence electrons. The summed E-state index contributed by atoms with van der Waals surface area (Å²) in [7, 11) is 1.27. The number of nitrogens with one attached hydrogen (secondary N) is 1. The molecule has 0 aliphatic carbocycles. The molecule has 1 amide bonds. The van der Waals surface area contributed by atoms with Gasteiger partial charge in [0.1, 0.15) is 11.5 Å². The van der Waals surface area contributed by atoms with Crippen LogP contribution in [-0.2, 0) is 19.1 Å². The molecular formula is C25H29N3O6. The van der Waals surface area contributed by atoms with E-state index in [1.165, 1.54) is 12.0 Å². The van der Waals surface area contributed by atoms with Gasteiger partial charge in [-0.2, -0.15) is 0 Å². The van der Waals surface area contributed by atoms with Crippen LogP contribution in [0, 0.1) is 13.8 Å². The highest BCUT2D eigenvalue weighted by Crippen LogP contribution is 2.40. The second-order valence-electron chi connectivity index (χ2n) is 8.47. The number of likely N-dealkylation sites (tertiary alicyclic amines) is 1. The number of ether oxygens (including phenoxy) is 2. The van der Waals surface area contributed by atoms with Crippen molar-refractivity contribution in [2.24, 2.45) is 0 Å². The van der Waals surface area contributed by atoms with Gasteiger partial charge in [0.05, 0.1) is 31.9 Å². The van der Waals surface area contributed by atoms with Crippen LogP contribution in [0.1, 0.15) is 38.9 Å². The first-order valence-corrected chi connectivity index (χ1v) is 11.3. The summed E-state index contributed by atoms with van der Waals surface area (Å²) in [5.41, 5.74) is 2.21. The average Bonchev–Trinajstić information content (AvgIpc) is 3.30. The fourth-order valence-electron chi connectivity index (χ4n) is 4.71. The van der Waals surface area contributed by atoms with E-state index in [-0.39, 0.29) is 17.0 Å². The number of Topliss-reactive ketones (excluding diaryl/α,β-unsaturated/α-hetero) is 1. The highest BCUT2D eigenvalue weighted by Gasteiger charge is 2.46. The lowest BCUT2D eigenvalue weighted by Gasteiger charge is -2.31. The first-order chi connectivity index (χ1) is 16.3. The summed E-state index contributed by atoms with van der Waals surface area (Å²) >= 11 is 0. The number of amides is 1. The van der Waals surface area contributed by atoms with E-state index in [9.17, 15) is 19.5 Å². The van der Waals surface area contributed by atoms with Crippen LogP contribution in [0.5, 0.6) is 0 Å². The lowest BCUT2D eigenvalue weighted by Crippen LogP contribution is -2.42. The average molecular weight is 468 g/mol. The van der Waals surface area contributed by atoms with Gasteiger partial charge in [-0.3, -0.25) is 14.5 Å². The zero-order valence-electron chi connectivity index (χ0n) is 19.6. The van der Waals surface area contributed by atoms with Gasteiger partial charge >= 0.3 is 5.97 Å². The van der Waals surface area contributed by atoms with Crippen LogP contribution < -0.4 is 0 Å². The van der Waals surface area contributed by atoms with Crippen molar-refractivity contribution in [3.63, 3.8) is 0 Å². The summed E-state index contributed by atoms with van der Waals surface area (Å²) < 4.78 is 10.2. The third kappa shape index (κ3) is 4.24. The minimum absolute atomic E-state index is 0.0137. The molecule has 2 N–H and O–H groups in total. The fourth-order valence-corrected chi connectivity index (χ4v) is 4.71. The molecule has 9 heteroatoms. The molecule has 3 heterocycles. The highest BCUT2D eigenvalue weighted by molar-refractivity contribution is 6.46. The Bertz CT molecular complexity index is 1130. The van der Waals surface area contributed by atoms with Gasteiger partial charge in [0, 0.05) is 37.4 Å². The van der Waals surface area contributed by atoms with Gasteiger partial charge < -0.3 is 24.5 Å². The number of H-pyrrole nitrogens is 1. The quantitative estimate of drug-likeness (QED) is 0.290. The molecule has 9 nitrogen and oxygen atoms in total. The topological polar surface area (TPSA) is 112 Å². The van der Waals surface area contributed by atoms with Gasteiger partial charge in [-0.1, -0.05) is 30.3 Å². The molecule has 0 radical (unpaired) electrons. The predicted molar refractivity (Wildman–Crippen MR) is 124 cm³/mol. The van der Waals surface area contributed by atoms with Crippen LogP contribution in [-0.4, -0.2) is 84.1 Å². The Hall–Kier alpha value is -3.43. The van der Waals surface area contributed by atoms with Crippen molar-refractivity contribution in [2.45, 2.75) is 19.9 Å². The summed E-state index contributed by atoms with van der Waals surface area (Å²) in [5.74, 6) is -2.27. The molecule has 2 aromatic rings. The lowest BCUT2D eigenvalue weighted by molar-refractivity contribution is -0.140. The van der Waals surface area contributed by atoms with Crippen LogP contribution in [0.2, 0.25) is 0 Å². The summed E-state index contributed by atoms with van der Waals surface area (Å²) in [5, 5.41) is 11.4. The molecular weight excluding hydrogens is 438 g/mol. The summed E-state index contributed by atoms with van der Waals surface area (Å²) in [4.78, 5) is 45.2. The van der Waals surface area contributed by atoms with Gasteiger partial charge in [0.15, 0.2) is 0 Å². The summed E-state index contributed by atoms with van der Waals surface area (Å²) in [6.45, 7) is 7.08. The largest absolute Gasteiger partial charge is 0.507 e. The van der Waals surface area contributed by atoms with E-state index in [0.717, 1.165) is 18.7 Å². The molecule has 2 aliphatic rings. The number of esters is 1. The number of benzene rings is 1. The van der Waals surface area contributed by atoms with Crippen molar-refractivity contribution >= 4 is 23.4 Å². The van der Waals surface area contributed by atoms with Crippen molar-refractivity contribution in [1.82, 2.24) is 14.8 Å². The number of ketones is 1. The third-order valence-corrected chi connectivity index (χ3v) is 6.48. The van der Waals surface area contributed by atoms with Crippen LogP contribution in [0.4, 0.5) is 0 Å². The smallest absolute Gasteiger partial charge is 0.354 e. The Morgan fingerprint density at radius 2 is 1.82 bits per heavy atom. The van der Waals surface area contributed by atoms with Crippen molar-refractivity contribution in [1.29, 1.82) is 0 Å². The van der Waals surface area contributed by atoms with Gasteiger partial charge in [-0.15, -0.1) is 0 Å². The van der Waals surface area contributed by atoms with Crippen LogP contribution in [0.15, 0.2) is 35.9 Å². The molecule has 2 fully saturated rings. The first-order valence-electron chi connectivity index (χ1n) is 11.3. The zero-order valence-corrected chi connectivity index (χ0v) is 19.6. The standard InChI is InChI=1S/C25H29N3O6/c1-15-18(16(2)26-20(15)25(32)33-3)22(29)19-21(17-7-5-4-6-8-17)28(24(31)23(19)30)10-9-27-11-13-34-14-12-27/h4-8,21,26,29H,9-14H2,1-3H3/t21-/m1/s1. The number of rotatable bonds is 6. The molecule has 0 bridgehead atoms. The number of aromatic nitrogens is 1. The van der Waals surface area contributed by atoms with E-state index >= 15 is 0 Å². The molecule has 4 rings (SSSR count). The molecule has 0 saturated carbocycles. The molecule has 1 atom stereocenters. The van der Waals surface area contributed by atoms with E-state index in [1.54, 1.807) is 13.8 Å². The van der Waals surface area contributed by atoms with Gasteiger partial charge in [0.25, 0.3) is 11.7 Å². The van der Waals surface area contributed by atoms with Gasteiger partial charge in [-0.25, -0.2) is 4.79 Å². The van der Waals surface area contributed by atoms with Gasteiger partial charge in [0.2, 0.25) is 0 Å². The number of aliphatic hydroxyl groups is 1. The Labute approximate surface area is 197 Å². The molecule has 2 aliphatic heterocycles. The van der Waals surface area contributed by atoms with Crippen molar-refractivity contribution in [3.05, 3.63) is 64.0 Å². The van der Waals surface area contributed by atoms with E-state index < -0.39 is 23.7 Å². The predicted octanol–water partition coefficient (Wildman–Crippen LogP) is 2.17. The summed E-state index contributed by atoms with van der Waals surface area (Å²) in [6.07, 6.45) is 0. The number of carbonyl (C=O) groups excluding carboxylic acids is 3. The maximum Gasteiger partial charge on any atom is 0.354 e. The van der Waals surface area contributed by atoms with Crippen LogP contribution in [0.25, 0.3) is 5.76 Å². The fraction of sp³-hybridized carbons (Fsp3) is 0.400. The van der Waals surface area contributed by atoms with E-state index in [4.69, 9.17) is 9.47 Å². The van der Waals surface area contributed by atoms with Crippen molar-refractivity contribution in [3.8, 4) is 0 Å². The maximum absolute atomic E-state index is 13.2. The minimum atomic E-state index is -0.743. The van der Waals surface area contributed by atoms with Crippen molar-refractivity contribution < 1.29 is 29.0 Å². The molecule has 34 heavy (non-hydrogen) atoms. The minimum Gasteiger partial charge on any atom is -0.507 e. The Kier molecular flexibility index (Phi) is 6.85. The lowest BCUT2D eigenvalue weighted by atomic mass is 9.94. The number of aliphatic hydroxyl groups excluding tert-OH is 1. The number of hydrogen-bond acceptors (Lipinski definition) is 7. The molecule has 0 unspecified atom stereocenters.